The minimum absolute atomic E-state index is 0.0681. The second kappa shape index (κ2) is 4.61. The van der Waals surface area contributed by atoms with Crippen LogP contribution in [0.25, 0.3) is 0 Å². The van der Waals surface area contributed by atoms with Crippen molar-refractivity contribution in [2.75, 3.05) is 13.2 Å². The average Bonchev–Trinajstić information content (AvgIpc) is 3.13. The van der Waals surface area contributed by atoms with Gasteiger partial charge in [0.25, 0.3) is 0 Å². The monoisotopic (exact) mass is 247 g/mol. The van der Waals surface area contributed by atoms with Gasteiger partial charge in [-0.25, -0.2) is 0 Å². The molecule has 0 radical (unpaired) electrons. The molecule has 2 N–H and O–H groups in total. The topological polar surface area (TPSA) is 58.6 Å². The number of ether oxygens (including phenoxy) is 1. The van der Waals surface area contributed by atoms with E-state index in [1.54, 1.807) is 0 Å². The summed E-state index contributed by atoms with van der Waals surface area (Å²) in [7, 11) is 0. The van der Waals surface area contributed by atoms with Crippen molar-refractivity contribution in [1.82, 2.24) is 5.32 Å². The molecule has 0 bridgehead atoms. The number of rotatable bonds is 4. The Morgan fingerprint density at radius 3 is 3.11 bits per heavy atom. The fraction of sp³-hybridized carbons (Fsp3) is 0.500. The first-order chi connectivity index (χ1) is 8.74. The van der Waals surface area contributed by atoms with Crippen molar-refractivity contribution in [2.24, 2.45) is 5.92 Å². The molecule has 18 heavy (non-hydrogen) atoms. The quantitative estimate of drug-likeness (QED) is 0.840. The minimum Gasteiger partial charge on any atom is -0.493 e. The van der Waals surface area contributed by atoms with Crippen molar-refractivity contribution in [3.63, 3.8) is 0 Å². The van der Waals surface area contributed by atoms with Crippen LogP contribution in [0.5, 0.6) is 5.75 Å². The number of amides is 1. The van der Waals surface area contributed by atoms with Gasteiger partial charge in [0.05, 0.1) is 12.7 Å². The maximum atomic E-state index is 11.5. The van der Waals surface area contributed by atoms with E-state index in [9.17, 15) is 9.90 Å². The summed E-state index contributed by atoms with van der Waals surface area (Å²) in [4.78, 5) is 11.5. The van der Waals surface area contributed by atoms with Gasteiger partial charge in [0, 0.05) is 18.9 Å². The number of hydrogen-bond donors (Lipinski definition) is 2. The Kier molecular flexibility index (Phi) is 2.96. The minimum atomic E-state index is -0.640. The highest BCUT2D eigenvalue weighted by Gasteiger charge is 2.29. The van der Waals surface area contributed by atoms with Crippen LogP contribution in [0.3, 0.4) is 0 Å². The molecule has 1 aliphatic carbocycles. The molecule has 1 aliphatic heterocycles. The van der Waals surface area contributed by atoms with Crippen molar-refractivity contribution in [1.29, 1.82) is 0 Å². The number of aliphatic hydroxyl groups excluding tert-OH is 1. The Hall–Kier alpha value is -1.55. The largest absolute Gasteiger partial charge is 0.493 e. The average molecular weight is 247 g/mol. The van der Waals surface area contributed by atoms with Crippen LogP contribution in [0.4, 0.5) is 0 Å². The van der Waals surface area contributed by atoms with Gasteiger partial charge in [-0.2, -0.15) is 0 Å². The molecule has 1 heterocycles. The van der Waals surface area contributed by atoms with E-state index in [-0.39, 0.29) is 18.4 Å². The zero-order chi connectivity index (χ0) is 12.5. The summed E-state index contributed by atoms with van der Waals surface area (Å²) in [5.41, 5.74) is 1.98. The van der Waals surface area contributed by atoms with Crippen molar-refractivity contribution >= 4 is 5.91 Å². The molecule has 1 amide bonds. The lowest BCUT2D eigenvalue weighted by Crippen LogP contribution is -2.29. The highest BCUT2D eigenvalue weighted by Crippen LogP contribution is 2.30. The lowest BCUT2D eigenvalue weighted by molar-refractivity contribution is -0.122. The molecule has 4 nitrogen and oxygen atoms in total. The second-order valence-corrected chi connectivity index (χ2v) is 5.00. The van der Waals surface area contributed by atoms with Crippen LogP contribution in [-0.4, -0.2) is 24.2 Å². The smallest absolute Gasteiger partial charge is 0.223 e. The van der Waals surface area contributed by atoms with Crippen molar-refractivity contribution in [3.8, 4) is 5.75 Å². The molecule has 2 aliphatic rings. The van der Waals surface area contributed by atoms with Gasteiger partial charge in [0.2, 0.25) is 5.91 Å². The lowest BCUT2D eigenvalue weighted by atomic mass is 10.0. The number of nitrogens with one attached hydrogen (secondary N) is 1. The molecule has 0 saturated heterocycles. The van der Waals surface area contributed by atoms with E-state index in [2.05, 4.69) is 5.32 Å². The summed E-state index contributed by atoms with van der Waals surface area (Å²) in [6.07, 6.45) is 2.22. The maximum absolute atomic E-state index is 11.5. The van der Waals surface area contributed by atoms with E-state index < -0.39 is 6.10 Å². The van der Waals surface area contributed by atoms with Crippen molar-refractivity contribution in [2.45, 2.75) is 25.4 Å². The van der Waals surface area contributed by atoms with Crippen molar-refractivity contribution in [3.05, 3.63) is 29.3 Å². The molecule has 1 fully saturated rings. The van der Waals surface area contributed by atoms with Crippen LogP contribution in [0.1, 0.15) is 30.1 Å². The second-order valence-electron chi connectivity index (χ2n) is 5.00. The fourth-order valence-electron chi connectivity index (χ4n) is 2.22. The third-order valence-electron chi connectivity index (χ3n) is 3.52. The number of fused-ring (bicyclic) bond motifs is 1. The van der Waals surface area contributed by atoms with Gasteiger partial charge < -0.3 is 15.2 Å². The summed E-state index contributed by atoms with van der Waals surface area (Å²) in [6.45, 7) is 1.00. The Morgan fingerprint density at radius 2 is 2.33 bits per heavy atom. The van der Waals surface area contributed by atoms with Gasteiger partial charge in [-0.15, -0.1) is 0 Å². The van der Waals surface area contributed by atoms with E-state index in [0.717, 1.165) is 36.1 Å². The van der Waals surface area contributed by atoms with Crippen LogP contribution in [0, 0.1) is 5.92 Å². The van der Waals surface area contributed by atoms with Gasteiger partial charge >= 0.3 is 0 Å². The third kappa shape index (κ3) is 2.34. The van der Waals surface area contributed by atoms with Crippen LogP contribution in [0.2, 0.25) is 0 Å². The normalized spacial score (nSPS) is 18.9. The molecule has 0 aromatic heterocycles. The number of carbonyl (C=O) groups is 1. The Balaban J connectivity index is 1.61. The molecule has 1 saturated carbocycles. The van der Waals surface area contributed by atoms with Gasteiger partial charge in [0.1, 0.15) is 5.75 Å². The van der Waals surface area contributed by atoms with E-state index in [0.29, 0.717) is 6.61 Å². The summed E-state index contributed by atoms with van der Waals surface area (Å²) in [5.74, 6) is 1.16. The summed E-state index contributed by atoms with van der Waals surface area (Å²) in [6, 6.07) is 5.72. The van der Waals surface area contributed by atoms with E-state index in [4.69, 9.17) is 4.74 Å². The zero-order valence-corrected chi connectivity index (χ0v) is 10.2. The standard InChI is InChI=1S/C14H17NO3/c16-12(8-15-14(17)9-1-2-9)10-3-4-13-11(7-10)5-6-18-13/h3-4,7,9,12,16H,1-2,5-6,8H2,(H,15,17). The highest BCUT2D eigenvalue weighted by atomic mass is 16.5. The van der Waals surface area contributed by atoms with Crippen LogP contribution < -0.4 is 10.1 Å². The summed E-state index contributed by atoms with van der Waals surface area (Å²) >= 11 is 0. The lowest BCUT2D eigenvalue weighted by Gasteiger charge is -2.13. The predicted molar refractivity (Wildman–Crippen MR) is 66.3 cm³/mol. The molecule has 1 aromatic carbocycles. The summed E-state index contributed by atoms with van der Waals surface area (Å²) in [5, 5.41) is 12.8. The molecular weight excluding hydrogens is 230 g/mol. The van der Waals surface area contributed by atoms with Crippen LogP contribution >= 0.6 is 0 Å². The molecule has 4 heteroatoms. The van der Waals surface area contributed by atoms with Gasteiger partial charge in [-0.1, -0.05) is 6.07 Å². The van der Waals surface area contributed by atoms with Gasteiger partial charge in [0.15, 0.2) is 0 Å². The molecule has 1 atom stereocenters. The first kappa shape index (κ1) is 11.5. The van der Waals surface area contributed by atoms with E-state index in [1.807, 2.05) is 18.2 Å². The number of hydrogen-bond acceptors (Lipinski definition) is 3. The Bertz CT molecular complexity index is 468. The molecular formula is C14H17NO3. The summed E-state index contributed by atoms with van der Waals surface area (Å²) < 4.78 is 5.42. The van der Waals surface area contributed by atoms with E-state index in [1.165, 1.54) is 0 Å². The number of carbonyl (C=O) groups excluding carboxylic acids is 1. The Morgan fingerprint density at radius 1 is 1.50 bits per heavy atom. The maximum Gasteiger partial charge on any atom is 0.223 e. The fourth-order valence-corrected chi connectivity index (χ4v) is 2.22. The first-order valence-corrected chi connectivity index (χ1v) is 6.45. The zero-order valence-electron chi connectivity index (χ0n) is 10.2. The first-order valence-electron chi connectivity index (χ1n) is 6.45. The number of benzene rings is 1. The number of aliphatic hydroxyl groups is 1. The van der Waals surface area contributed by atoms with Crippen LogP contribution in [0.15, 0.2) is 18.2 Å². The van der Waals surface area contributed by atoms with E-state index >= 15 is 0 Å². The third-order valence-corrected chi connectivity index (χ3v) is 3.52. The predicted octanol–water partition coefficient (Wildman–Crippen LogP) is 1.18. The van der Waals surface area contributed by atoms with Crippen molar-refractivity contribution < 1.29 is 14.6 Å². The SMILES string of the molecule is O=C(NCC(O)c1ccc2c(c1)CCO2)C1CC1. The van der Waals surface area contributed by atoms with Gasteiger partial charge in [-0.3, -0.25) is 4.79 Å². The highest BCUT2D eigenvalue weighted by molar-refractivity contribution is 5.80. The molecule has 0 spiro atoms. The molecule has 3 rings (SSSR count). The molecule has 96 valence electrons. The van der Waals surface area contributed by atoms with Crippen LogP contribution in [-0.2, 0) is 11.2 Å². The van der Waals surface area contributed by atoms with Gasteiger partial charge in [-0.05, 0) is 36.1 Å². The molecule has 1 aromatic rings. The Labute approximate surface area is 106 Å². The molecule has 1 unspecified atom stereocenters.